The zero-order chi connectivity index (χ0) is 32.7. The average molecular weight is 617 g/mol. The highest BCUT2D eigenvalue weighted by Crippen LogP contribution is 2.17. The van der Waals surface area contributed by atoms with E-state index in [0.29, 0.717) is 16.9 Å². The summed E-state index contributed by atoms with van der Waals surface area (Å²) in [6.45, 7) is 5.93. The van der Waals surface area contributed by atoms with E-state index in [-0.39, 0.29) is 5.70 Å². The van der Waals surface area contributed by atoms with Crippen LogP contribution in [0.5, 0.6) is 11.5 Å². The Labute approximate surface area is 268 Å². The van der Waals surface area contributed by atoms with Crippen molar-refractivity contribution in [3.8, 4) is 11.5 Å². The van der Waals surface area contributed by atoms with E-state index in [1.807, 2.05) is 42.5 Å². The highest BCUT2D eigenvalue weighted by molar-refractivity contribution is 6.05. The van der Waals surface area contributed by atoms with Gasteiger partial charge in [-0.2, -0.15) is 5.10 Å². The number of anilines is 1. The first-order chi connectivity index (χ1) is 22.4. The van der Waals surface area contributed by atoms with Crippen LogP contribution in [-0.2, 0) is 9.59 Å². The summed E-state index contributed by atoms with van der Waals surface area (Å²) in [6, 6.07) is 30.3. The molecular weight excluding hydrogens is 580 g/mol. The lowest BCUT2D eigenvalue weighted by molar-refractivity contribution is -0.128. The van der Waals surface area contributed by atoms with Gasteiger partial charge in [0.2, 0.25) is 0 Å². The van der Waals surface area contributed by atoms with Gasteiger partial charge in [0, 0.05) is 30.4 Å². The quantitative estimate of drug-likeness (QED) is 0.0620. The molecule has 9 nitrogen and oxygen atoms in total. The van der Waals surface area contributed by atoms with Crippen LogP contribution in [0.2, 0.25) is 0 Å². The molecule has 0 saturated carbocycles. The van der Waals surface area contributed by atoms with Crippen LogP contribution in [0.3, 0.4) is 0 Å². The lowest BCUT2D eigenvalue weighted by Gasteiger charge is -2.20. The van der Waals surface area contributed by atoms with Crippen LogP contribution < -0.4 is 25.1 Å². The van der Waals surface area contributed by atoms with Crippen LogP contribution in [0.25, 0.3) is 12.2 Å². The summed E-state index contributed by atoms with van der Waals surface area (Å²) < 4.78 is 10.5. The summed E-state index contributed by atoms with van der Waals surface area (Å²) in [5, 5.41) is 6.77. The van der Waals surface area contributed by atoms with Crippen molar-refractivity contribution < 1.29 is 23.9 Å². The van der Waals surface area contributed by atoms with Gasteiger partial charge in [0.15, 0.2) is 0 Å². The van der Waals surface area contributed by atoms with Crippen LogP contribution in [0.15, 0.2) is 120 Å². The second-order valence-corrected chi connectivity index (χ2v) is 9.94. The number of hydrogen-bond acceptors (Lipinski definition) is 7. The number of nitrogens with zero attached hydrogens (tertiary/aromatic N) is 2. The number of carbonyl (C=O) groups excluding carboxylic acids is 3. The molecule has 0 aromatic heterocycles. The van der Waals surface area contributed by atoms with Crippen molar-refractivity contribution in [2.45, 2.75) is 13.8 Å². The molecule has 0 heterocycles. The molecule has 0 fully saturated rings. The van der Waals surface area contributed by atoms with Crippen molar-refractivity contribution in [3.63, 3.8) is 0 Å². The third-order valence-electron chi connectivity index (χ3n) is 6.87. The largest absolute Gasteiger partial charge is 0.497 e. The van der Waals surface area contributed by atoms with Gasteiger partial charge in [0.1, 0.15) is 17.2 Å². The van der Waals surface area contributed by atoms with Crippen molar-refractivity contribution in [1.29, 1.82) is 0 Å². The summed E-state index contributed by atoms with van der Waals surface area (Å²) in [4.78, 5) is 40.5. The van der Waals surface area contributed by atoms with E-state index in [4.69, 9.17) is 9.47 Å². The number of nitrogens with one attached hydrogen (secondary N) is 2. The smallest absolute Gasteiger partial charge is 0.336 e. The van der Waals surface area contributed by atoms with Gasteiger partial charge in [-0.25, -0.2) is 10.2 Å². The predicted octanol–water partition coefficient (Wildman–Crippen LogP) is 6.08. The highest BCUT2D eigenvalue weighted by atomic mass is 16.5. The maximum atomic E-state index is 13.2. The van der Waals surface area contributed by atoms with Crippen molar-refractivity contribution in [2.75, 3.05) is 25.1 Å². The predicted molar refractivity (Wildman–Crippen MR) is 182 cm³/mol. The summed E-state index contributed by atoms with van der Waals surface area (Å²) in [7, 11) is 1.59. The molecule has 0 atom stereocenters. The molecule has 4 rings (SSSR count). The standard InChI is InChI=1S/C37H36N4O5/c1-4-41(5-2)31-18-11-28(12-19-31)25-34(39-36(43)30-9-7-6-8-10-30)37(44)40-38-26-29-15-22-33(23-16-29)46-35(42)24-17-27-13-20-32(45-3)21-14-27/h6-26H,4-5H2,1-3H3,(H,39,43)(H,40,44)/b24-17+,34-25-,38-26+. The number of ether oxygens (including phenoxy) is 2. The van der Waals surface area contributed by atoms with E-state index >= 15 is 0 Å². The normalized spacial score (nSPS) is 11.3. The molecule has 2 amide bonds. The maximum Gasteiger partial charge on any atom is 0.336 e. The number of benzene rings is 4. The third kappa shape index (κ3) is 9.78. The van der Waals surface area contributed by atoms with Gasteiger partial charge in [0.25, 0.3) is 11.8 Å². The Hall–Kier alpha value is -5.96. The molecule has 4 aromatic carbocycles. The summed E-state index contributed by atoms with van der Waals surface area (Å²) in [5.74, 6) is -0.459. The summed E-state index contributed by atoms with van der Waals surface area (Å²) in [5.41, 5.74) is 6.22. The van der Waals surface area contributed by atoms with Gasteiger partial charge in [-0.15, -0.1) is 0 Å². The van der Waals surface area contributed by atoms with E-state index < -0.39 is 17.8 Å². The van der Waals surface area contributed by atoms with E-state index in [1.165, 1.54) is 12.3 Å². The minimum absolute atomic E-state index is 0.0338. The maximum absolute atomic E-state index is 13.2. The lowest BCUT2D eigenvalue weighted by atomic mass is 10.1. The second-order valence-electron chi connectivity index (χ2n) is 9.94. The monoisotopic (exact) mass is 616 g/mol. The minimum Gasteiger partial charge on any atom is -0.497 e. The number of methoxy groups -OCH3 is 1. The van der Waals surface area contributed by atoms with Gasteiger partial charge in [-0.3, -0.25) is 9.59 Å². The van der Waals surface area contributed by atoms with E-state index in [1.54, 1.807) is 79.9 Å². The zero-order valence-electron chi connectivity index (χ0n) is 26.0. The fourth-order valence-corrected chi connectivity index (χ4v) is 4.36. The molecule has 234 valence electrons. The van der Waals surface area contributed by atoms with Gasteiger partial charge in [-0.05, 0) is 103 Å². The Morgan fingerprint density at radius 3 is 2.00 bits per heavy atom. The van der Waals surface area contributed by atoms with Crippen molar-refractivity contribution in [1.82, 2.24) is 10.7 Å². The average Bonchev–Trinajstić information content (AvgIpc) is 3.09. The number of hydrazone groups is 1. The molecule has 0 saturated heterocycles. The van der Waals surface area contributed by atoms with Crippen LogP contribution in [0.4, 0.5) is 5.69 Å². The Kier molecular flexibility index (Phi) is 12.0. The molecule has 0 spiro atoms. The minimum atomic E-state index is -0.595. The van der Waals surface area contributed by atoms with Crippen molar-refractivity contribution in [3.05, 3.63) is 137 Å². The summed E-state index contributed by atoms with van der Waals surface area (Å²) in [6.07, 6.45) is 6.04. The Morgan fingerprint density at radius 1 is 0.761 bits per heavy atom. The first-order valence-corrected chi connectivity index (χ1v) is 14.8. The second kappa shape index (κ2) is 16.8. The van der Waals surface area contributed by atoms with Crippen LogP contribution in [-0.4, -0.2) is 44.2 Å². The Balaban J connectivity index is 1.40. The molecule has 9 heteroatoms. The van der Waals surface area contributed by atoms with E-state index in [9.17, 15) is 14.4 Å². The number of esters is 1. The highest BCUT2D eigenvalue weighted by Gasteiger charge is 2.14. The van der Waals surface area contributed by atoms with Gasteiger partial charge in [-0.1, -0.05) is 42.5 Å². The molecule has 0 aliphatic heterocycles. The van der Waals surface area contributed by atoms with Crippen molar-refractivity contribution in [2.24, 2.45) is 5.10 Å². The summed E-state index contributed by atoms with van der Waals surface area (Å²) >= 11 is 0. The van der Waals surface area contributed by atoms with Gasteiger partial charge in [0.05, 0.1) is 13.3 Å². The third-order valence-corrected chi connectivity index (χ3v) is 6.87. The van der Waals surface area contributed by atoms with Crippen LogP contribution in [0, 0.1) is 0 Å². The molecular formula is C37H36N4O5. The molecule has 0 aliphatic rings. The topological polar surface area (TPSA) is 109 Å². The van der Waals surface area contributed by atoms with Crippen LogP contribution in [0.1, 0.15) is 40.9 Å². The first kappa shape index (κ1) is 32.9. The van der Waals surface area contributed by atoms with E-state index in [0.717, 1.165) is 35.7 Å². The SMILES string of the molecule is CCN(CC)c1ccc(/C=C(\NC(=O)c2ccccc2)C(=O)N/N=C/c2ccc(OC(=O)/C=C/c3ccc(OC)cc3)cc2)cc1. The van der Waals surface area contributed by atoms with Crippen LogP contribution >= 0.6 is 0 Å². The molecule has 0 unspecified atom stereocenters. The Bertz CT molecular complexity index is 1690. The molecule has 0 bridgehead atoms. The fraction of sp³-hybridized carbons (Fsp3) is 0.135. The zero-order valence-corrected chi connectivity index (χ0v) is 26.0. The van der Waals surface area contributed by atoms with Gasteiger partial charge >= 0.3 is 5.97 Å². The molecule has 4 aromatic rings. The molecule has 0 radical (unpaired) electrons. The van der Waals surface area contributed by atoms with Gasteiger partial charge < -0.3 is 19.7 Å². The van der Waals surface area contributed by atoms with Crippen molar-refractivity contribution >= 4 is 41.8 Å². The molecule has 46 heavy (non-hydrogen) atoms. The number of rotatable bonds is 13. The lowest BCUT2D eigenvalue weighted by Crippen LogP contribution is -2.32. The molecule has 2 N–H and O–H groups in total. The van der Waals surface area contributed by atoms with E-state index in [2.05, 4.69) is 34.6 Å². The number of hydrogen-bond donors (Lipinski definition) is 2. The first-order valence-electron chi connectivity index (χ1n) is 14.8. The number of amides is 2. The number of carbonyl (C=O) groups is 3. The fourth-order valence-electron chi connectivity index (χ4n) is 4.36. The Morgan fingerprint density at radius 2 is 1.37 bits per heavy atom. The molecule has 0 aliphatic carbocycles.